The number of hydrogen-bond acceptors (Lipinski definition) is 4. The van der Waals surface area contributed by atoms with Gasteiger partial charge in [-0.05, 0) is 18.6 Å². The summed E-state index contributed by atoms with van der Waals surface area (Å²) in [5.41, 5.74) is 2.05. The van der Waals surface area contributed by atoms with Gasteiger partial charge in [-0.1, -0.05) is 6.92 Å². The fourth-order valence-corrected chi connectivity index (χ4v) is 2.55. The van der Waals surface area contributed by atoms with E-state index in [4.69, 9.17) is 5.26 Å². The van der Waals surface area contributed by atoms with Gasteiger partial charge in [0.2, 0.25) is 0 Å². The molecule has 0 saturated heterocycles. The minimum absolute atomic E-state index is 0.446. The Morgan fingerprint density at radius 1 is 1.50 bits per heavy atom. The first kappa shape index (κ1) is 10.8. The monoisotopic (exact) mass is 229 g/mol. The SMILES string of the molecule is CCc1nc(-c2cccnc2)sc1CC#N. The fourth-order valence-electron chi connectivity index (χ4n) is 1.48. The van der Waals surface area contributed by atoms with Crippen molar-refractivity contribution in [2.45, 2.75) is 19.8 Å². The summed E-state index contributed by atoms with van der Waals surface area (Å²) in [5, 5.41) is 9.69. The highest BCUT2D eigenvalue weighted by atomic mass is 32.1. The minimum atomic E-state index is 0.446. The van der Waals surface area contributed by atoms with E-state index in [2.05, 4.69) is 23.0 Å². The van der Waals surface area contributed by atoms with Crippen LogP contribution in [0.15, 0.2) is 24.5 Å². The first-order chi connectivity index (χ1) is 7.85. The largest absolute Gasteiger partial charge is 0.264 e. The Morgan fingerprint density at radius 3 is 3.00 bits per heavy atom. The zero-order chi connectivity index (χ0) is 11.4. The van der Waals surface area contributed by atoms with E-state index in [-0.39, 0.29) is 0 Å². The van der Waals surface area contributed by atoms with Crippen LogP contribution in [0.1, 0.15) is 17.5 Å². The average molecular weight is 229 g/mol. The van der Waals surface area contributed by atoms with Crippen LogP contribution >= 0.6 is 11.3 Å². The van der Waals surface area contributed by atoms with E-state index in [1.54, 1.807) is 23.7 Å². The maximum atomic E-state index is 8.74. The Balaban J connectivity index is 2.41. The second-order valence-corrected chi connectivity index (χ2v) is 4.40. The van der Waals surface area contributed by atoms with Gasteiger partial charge in [-0.2, -0.15) is 5.26 Å². The highest BCUT2D eigenvalue weighted by Gasteiger charge is 2.10. The molecule has 0 atom stereocenters. The molecule has 4 heteroatoms. The van der Waals surface area contributed by atoms with Crippen molar-refractivity contribution < 1.29 is 0 Å². The van der Waals surface area contributed by atoms with E-state index in [0.717, 1.165) is 27.6 Å². The summed E-state index contributed by atoms with van der Waals surface area (Å²) in [5.74, 6) is 0. The summed E-state index contributed by atoms with van der Waals surface area (Å²) in [6.07, 6.45) is 4.86. The van der Waals surface area contributed by atoms with Crippen LogP contribution in [-0.4, -0.2) is 9.97 Å². The molecule has 0 aromatic carbocycles. The fraction of sp³-hybridized carbons (Fsp3) is 0.250. The van der Waals surface area contributed by atoms with E-state index < -0.39 is 0 Å². The Morgan fingerprint density at radius 2 is 2.38 bits per heavy atom. The number of rotatable bonds is 3. The Labute approximate surface area is 98.4 Å². The van der Waals surface area contributed by atoms with E-state index in [9.17, 15) is 0 Å². The molecule has 2 heterocycles. The van der Waals surface area contributed by atoms with Gasteiger partial charge in [0.25, 0.3) is 0 Å². The zero-order valence-corrected chi connectivity index (χ0v) is 9.79. The van der Waals surface area contributed by atoms with Crippen LogP contribution < -0.4 is 0 Å². The minimum Gasteiger partial charge on any atom is -0.264 e. The second kappa shape index (κ2) is 4.86. The first-order valence-electron chi connectivity index (χ1n) is 5.11. The van der Waals surface area contributed by atoms with E-state index in [1.807, 2.05) is 12.1 Å². The molecule has 0 bridgehead atoms. The molecule has 0 saturated carbocycles. The van der Waals surface area contributed by atoms with Gasteiger partial charge >= 0.3 is 0 Å². The molecule has 0 amide bonds. The Kier molecular flexibility index (Phi) is 3.28. The number of nitriles is 1. The van der Waals surface area contributed by atoms with Crippen LogP contribution in [0.5, 0.6) is 0 Å². The van der Waals surface area contributed by atoms with Crippen LogP contribution in [0.25, 0.3) is 10.6 Å². The van der Waals surface area contributed by atoms with Crippen molar-refractivity contribution in [3.63, 3.8) is 0 Å². The van der Waals surface area contributed by atoms with E-state index >= 15 is 0 Å². The third-order valence-electron chi connectivity index (χ3n) is 2.26. The highest BCUT2D eigenvalue weighted by Crippen LogP contribution is 2.28. The molecule has 16 heavy (non-hydrogen) atoms. The predicted octanol–water partition coefficient (Wildman–Crippen LogP) is 2.83. The smallest absolute Gasteiger partial charge is 0.125 e. The number of hydrogen-bond donors (Lipinski definition) is 0. The van der Waals surface area contributed by atoms with Crippen molar-refractivity contribution in [1.29, 1.82) is 5.26 Å². The van der Waals surface area contributed by atoms with E-state index in [1.165, 1.54) is 0 Å². The van der Waals surface area contributed by atoms with Crippen molar-refractivity contribution in [3.05, 3.63) is 35.1 Å². The molecule has 0 spiro atoms. The summed E-state index contributed by atoms with van der Waals surface area (Å²) in [4.78, 5) is 9.69. The number of thiazole rings is 1. The zero-order valence-electron chi connectivity index (χ0n) is 8.97. The van der Waals surface area contributed by atoms with Gasteiger partial charge in [0.15, 0.2) is 0 Å². The third kappa shape index (κ3) is 2.10. The van der Waals surface area contributed by atoms with Crippen LogP contribution in [0, 0.1) is 11.3 Å². The quantitative estimate of drug-likeness (QED) is 0.813. The highest BCUT2D eigenvalue weighted by molar-refractivity contribution is 7.15. The predicted molar refractivity (Wildman–Crippen MR) is 64.0 cm³/mol. The molecule has 0 aliphatic rings. The number of nitrogens with zero attached hydrogens (tertiary/aromatic N) is 3. The molecule has 2 aromatic heterocycles. The Bertz CT molecular complexity index is 511. The number of pyridine rings is 1. The van der Waals surface area contributed by atoms with Gasteiger partial charge in [0.05, 0.1) is 18.2 Å². The molecule has 80 valence electrons. The molecule has 0 radical (unpaired) electrons. The summed E-state index contributed by atoms with van der Waals surface area (Å²) >= 11 is 1.59. The molecule has 0 aliphatic heterocycles. The summed E-state index contributed by atoms with van der Waals surface area (Å²) in [6.45, 7) is 2.06. The molecule has 0 unspecified atom stereocenters. The standard InChI is InChI=1S/C12H11N3S/c1-2-10-11(5-6-13)16-12(15-10)9-4-3-7-14-8-9/h3-4,7-8H,2,5H2,1H3. The molecule has 0 aliphatic carbocycles. The van der Waals surface area contributed by atoms with Gasteiger partial charge in [-0.3, -0.25) is 4.98 Å². The van der Waals surface area contributed by atoms with Gasteiger partial charge in [-0.15, -0.1) is 11.3 Å². The lowest BCUT2D eigenvalue weighted by atomic mass is 10.2. The van der Waals surface area contributed by atoms with Crippen molar-refractivity contribution in [2.75, 3.05) is 0 Å². The average Bonchev–Trinajstić information content (AvgIpc) is 2.74. The van der Waals surface area contributed by atoms with Crippen LogP contribution in [0.3, 0.4) is 0 Å². The Hall–Kier alpha value is -1.73. The van der Waals surface area contributed by atoms with E-state index in [0.29, 0.717) is 6.42 Å². The van der Waals surface area contributed by atoms with Crippen LogP contribution in [-0.2, 0) is 12.8 Å². The molecular weight excluding hydrogens is 218 g/mol. The number of aryl methyl sites for hydroxylation is 1. The van der Waals surface area contributed by atoms with Crippen molar-refractivity contribution in [1.82, 2.24) is 9.97 Å². The topological polar surface area (TPSA) is 49.6 Å². The van der Waals surface area contributed by atoms with Crippen molar-refractivity contribution in [2.24, 2.45) is 0 Å². The molecule has 3 nitrogen and oxygen atoms in total. The van der Waals surface area contributed by atoms with Crippen LogP contribution in [0.2, 0.25) is 0 Å². The second-order valence-electron chi connectivity index (χ2n) is 3.32. The van der Waals surface area contributed by atoms with Gasteiger partial charge in [0, 0.05) is 22.8 Å². The first-order valence-corrected chi connectivity index (χ1v) is 5.92. The lowest BCUT2D eigenvalue weighted by molar-refractivity contribution is 1.03. The maximum absolute atomic E-state index is 8.74. The normalized spacial score (nSPS) is 10.0. The molecule has 0 fully saturated rings. The third-order valence-corrected chi connectivity index (χ3v) is 3.41. The molecular formula is C12H11N3S. The summed E-state index contributed by atoms with van der Waals surface area (Å²) in [7, 11) is 0. The van der Waals surface area contributed by atoms with Gasteiger partial charge < -0.3 is 0 Å². The summed E-state index contributed by atoms with van der Waals surface area (Å²) in [6, 6.07) is 6.06. The summed E-state index contributed by atoms with van der Waals surface area (Å²) < 4.78 is 0. The number of aromatic nitrogens is 2. The molecule has 2 rings (SSSR count). The maximum Gasteiger partial charge on any atom is 0.125 e. The van der Waals surface area contributed by atoms with Gasteiger partial charge in [-0.25, -0.2) is 4.98 Å². The van der Waals surface area contributed by atoms with Gasteiger partial charge in [0.1, 0.15) is 5.01 Å². The van der Waals surface area contributed by atoms with Crippen molar-refractivity contribution in [3.8, 4) is 16.6 Å². The lowest BCUT2D eigenvalue weighted by Gasteiger charge is -1.92. The molecule has 2 aromatic rings. The lowest BCUT2D eigenvalue weighted by Crippen LogP contribution is -1.86. The van der Waals surface area contributed by atoms with Crippen LogP contribution in [0.4, 0.5) is 0 Å². The molecule has 0 N–H and O–H groups in total. The van der Waals surface area contributed by atoms with Crippen molar-refractivity contribution >= 4 is 11.3 Å².